The molecule has 3 heteroatoms. The highest BCUT2D eigenvalue weighted by Gasteiger charge is 2.36. The van der Waals surface area contributed by atoms with Crippen molar-refractivity contribution >= 4 is 0 Å². The summed E-state index contributed by atoms with van der Waals surface area (Å²) in [5, 5.41) is 9.88. The van der Waals surface area contributed by atoms with Gasteiger partial charge < -0.3 is 15.7 Å². The van der Waals surface area contributed by atoms with E-state index in [0.717, 1.165) is 24.8 Å². The van der Waals surface area contributed by atoms with Crippen molar-refractivity contribution in [3.05, 3.63) is 0 Å². The molecule has 1 unspecified atom stereocenters. The summed E-state index contributed by atoms with van der Waals surface area (Å²) in [5.41, 5.74) is 5.60. The molecule has 1 aliphatic heterocycles. The molecule has 2 fully saturated rings. The molecule has 1 saturated carbocycles. The van der Waals surface area contributed by atoms with Crippen molar-refractivity contribution in [3.8, 4) is 0 Å². The highest BCUT2D eigenvalue weighted by atomic mass is 16.3. The lowest BCUT2D eigenvalue weighted by Gasteiger charge is -2.39. The molecule has 1 aliphatic carbocycles. The lowest BCUT2D eigenvalue weighted by atomic mass is 9.77. The summed E-state index contributed by atoms with van der Waals surface area (Å²) in [7, 11) is 0. The molecule has 1 saturated heterocycles. The molecule has 2 rings (SSSR count). The van der Waals surface area contributed by atoms with Gasteiger partial charge in [-0.2, -0.15) is 0 Å². The molecule has 0 aromatic heterocycles. The topological polar surface area (TPSA) is 49.5 Å². The van der Waals surface area contributed by atoms with Crippen molar-refractivity contribution in [3.63, 3.8) is 0 Å². The van der Waals surface area contributed by atoms with E-state index < -0.39 is 5.60 Å². The number of rotatable bonds is 5. The molecule has 2 aliphatic rings. The van der Waals surface area contributed by atoms with Crippen LogP contribution in [-0.4, -0.2) is 41.8 Å². The van der Waals surface area contributed by atoms with E-state index in [4.69, 9.17) is 5.73 Å². The minimum Gasteiger partial charge on any atom is -0.389 e. The predicted octanol–water partition coefficient (Wildman–Crippen LogP) is 2.13. The molecule has 106 valence electrons. The monoisotopic (exact) mass is 254 g/mol. The normalized spacial score (nSPS) is 27.5. The molecule has 0 aromatic rings. The standard InChI is InChI=1S/C15H30N2O/c1-14(18,13-16)5-4-10-17-11-8-15(9-12-17)6-2-3-7-15/h18H,2-13,16H2,1H3. The zero-order valence-corrected chi connectivity index (χ0v) is 12.0. The number of aliphatic hydroxyl groups is 1. The van der Waals surface area contributed by atoms with Crippen molar-refractivity contribution in [2.24, 2.45) is 11.1 Å². The average Bonchev–Trinajstić information content (AvgIpc) is 2.81. The Morgan fingerprint density at radius 2 is 1.78 bits per heavy atom. The van der Waals surface area contributed by atoms with Gasteiger partial charge in [0.25, 0.3) is 0 Å². The van der Waals surface area contributed by atoms with E-state index in [9.17, 15) is 5.11 Å². The fourth-order valence-corrected chi connectivity index (χ4v) is 3.66. The first-order chi connectivity index (χ1) is 8.55. The van der Waals surface area contributed by atoms with Gasteiger partial charge in [0.05, 0.1) is 5.60 Å². The summed E-state index contributed by atoms with van der Waals surface area (Å²) >= 11 is 0. The van der Waals surface area contributed by atoms with Crippen molar-refractivity contribution in [1.29, 1.82) is 0 Å². The highest BCUT2D eigenvalue weighted by Crippen LogP contribution is 2.46. The van der Waals surface area contributed by atoms with Crippen LogP contribution in [0.2, 0.25) is 0 Å². The van der Waals surface area contributed by atoms with Crippen molar-refractivity contribution in [2.75, 3.05) is 26.2 Å². The van der Waals surface area contributed by atoms with Gasteiger partial charge in [-0.05, 0) is 70.5 Å². The van der Waals surface area contributed by atoms with Gasteiger partial charge in [0.1, 0.15) is 0 Å². The lowest BCUT2D eigenvalue weighted by molar-refractivity contribution is 0.0491. The van der Waals surface area contributed by atoms with E-state index in [-0.39, 0.29) is 0 Å². The van der Waals surface area contributed by atoms with E-state index in [2.05, 4.69) is 4.90 Å². The Bertz CT molecular complexity index is 249. The molecule has 1 heterocycles. The fourth-order valence-electron chi connectivity index (χ4n) is 3.66. The van der Waals surface area contributed by atoms with Crippen LogP contribution in [0.3, 0.4) is 0 Å². The molecule has 0 amide bonds. The fraction of sp³-hybridized carbons (Fsp3) is 1.00. The van der Waals surface area contributed by atoms with Crippen LogP contribution >= 0.6 is 0 Å². The van der Waals surface area contributed by atoms with Gasteiger partial charge in [0.15, 0.2) is 0 Å². The van der Waals surface area contributed by atoms with Crippen LogP contribution in [0.25, 0.3) is 0 Å². The Balaban J connectivity index is 1.65. The predicted molar refractivity (Wildman–Crippen MR) is 75.5 cm³/mol. The third-order valence-corrected chi connectivity index (χ3v) is 5.21. The summed E-state index contributed by atoms with van der Waals surface area (Å²) in [6, 6.07) is 0. The minimum absolute atomic E-state index is 0.371. The van der Waals surface area contributed by atoms with Crippen molar-refractivity contribution < 1.29 is 5.11 Å². The van der Waals surface area contributed by atoms with Gasteiger partial charge in [-0.1, -0.05) is 12.8 Å². The number of hydrogen-bond donors (Lipinski definition) is 2. The maximum atomic E-state index is 9.88. The van der Waals surface area contributed by atoms with Crippen LogP contribution < -0.4 is 5.73 Å². The third kappa shape index (κ3) is 3.69. The first-order valence-corrected chi connectivity index (χ1v) is 7.70. The lowest BCUT2D eigenvalue weighted by Crippen LogP contribution is -2.40. The highest BCUT2D eigenvalue weighted by molar-refractivity contribution is 4.89. The Hall–Kier alpha value is -0.120. The summed E-state index contributed by atoms with van der Waals surface area (Å²) in [5.74, 6) is 0. The van der Waals surface area contributed by atoms with E-state index >= 15 is 0 Å². The summed E-state index contributed by atoms with van der Waals surface area (Å²) in [6.07, 6.45) is 10.6. The second-order valence-corrected chi connectivity index (χ2v) is 6.85. The van der Waals surface area contributed by atoms with Crippen molar-refractivity contribution in [2.45, 2.75) is 63.9 Å². The second-order valence-electron chi connectivity index (χ2n) is 6.85. The number of piperidine rings is 1. The first kappa shape index (κ1) is 14.3. The Morgan fingerprint density at radius 3 is 2.33 bits per heavy atom. The van der Waals surface area contributed by atoms with Gasteiger partial charge in [0, 0.05) is 6.54 Å². The van der Waals surface area contributed by atoms with Crippen LogP contribution in [0.4, 0.5) is 0 Å². The molecule has 18 heavy (non-hydrogen) atoms. The molecule has 0 radical (unpaired) electrons. The van der Waals surface area contributed by atoms with Gasteiger partial charge in [-0.3, -0.25) is 0 Å². The van der Waals surface area contributed by atoms with Gasteiger partial charge in [-0.15, -0.1) is 0 Å². The molecule has 3 N–H and O–H groups in total. The molecule has 1 spiro atoms. The smallest absolute Gasteiger partial charge is 0.0741 e. The Morgan fingerprint density at radius 1 is 1.17 bits per heavy atom. The largest absolute Gasteiger partial charge is 0.389 e. The Labute approximate surface area is 112 Å². The quantitative estimate of drug-likeness (QED) is 0.790. The molecule has 0 aromatic carbocycles. The van der Waals surface area contributed by atoms with Crippen LogP contribution in [0.5, 0.6) is 0 Å². The third-order valence-electron chi connectivity index (χ3n) is 5.21. The number of nitrogens with two attached hydrogens (primary N) is 1. The summed E-state index contributed by atoms with van der Waals surface area (Å²) < 4.78 is 0. The first-order valence-electron chi connectivity index (χ1n) is 7.70. The average molecular weight is 254 g/mol. The van der Waals surface area contributed by atoms with E-state index in [1.807, 2.05) is 6.92 Å². The maximum absolute atomic E-state index is 9.88. The van der Waals surface area contributed by atoms with Crippen molar-refractivity contribution in [1.82, 2.24) is 4.90 Å². The Kier molecular flexibility index (Phi) is 4.68. The summed E-state index contributed by atoms with van der Waals surface area (Å²) in [6.45, 7) is 5.88. The van der Waals surface area contributed by atoms with Crippen LogP contribution in [0.15, 0.2) is 0 Å². The number of likely N-dealkylation sites (tertiary alicyclic amines) is 1. The number of nitrogens with zero attached hydrogens (tertiary/aromatic N) is 1. The molecular weight excluding hydrogens is 224 g/mol. The molecule has 3 nitrogen and oxygen atoms in total. The van der Waals surface area contributed by atoms with Crippen LogP contribution in [0, 0.1) is 5.41 Å². The van der Waals surface area contributed by atoms with E-state index in [0.29, 0.717) is 6.54 Å². The van der Waals surface area contributed by atoms with E-state index in [1.165, 1.54) is 51.6 Å². The zero-order chi connectivity index (χ0) is 13.1. The zero-order valence-electron chi connectivity index (χ0n) is 12.0. The molecular formula is C15H30N2O. The molecule has 0 bridgehead atoms. The van der Waals surface area contributed by atoms with Gasteiger partial charge in [0.2, 0.25) is 0 Å². The van der Waals surface area contributed by atoms with Crippen LogP contribution in [0.1, 0.15) is 58.3 Å². The van der Waals surface area contributed by atoms with Gasteiger partial charge >= 0.3 is 0 Å². The van der Waals surface area contributed by atoms with E-state index in [1.54, 1.807) is 0 Å². The maximum Gasteiger partial charge on any atom is 0.0741 e. The number of hydrogen-bond acceptors (Lipinski definition) is 3. The van der Waals surface area contributed by atoms with Crippen LogP contribution in [-0.2, 0) is 0 Å². The van der Waals surface area contributed by atoms with Gasteiger partial charge in [-0.25, -0.2) is 0 Å². The summed E-state index contributed by atoms with van der Waals surface area (Å²) in [4.78, 5) is 2.58. The second kappa shape index (κ2) is 5.89. The minimum atomic E-state index is -0.664. The molecule has 1 atom stereocenters. The SMILES string of the molecule is CC(O)(CN)CCCN1CCC2(CCCC2)CC1.